The number of pyridine rings is 1. The van der Waals surface area contributed by atoms with E-state index in [9.17, 15) is 8.42 Å². The topological polar surface area (TPSA) is 95.6 Å². The number of hydrogen-bond donors (Lipinski definition) is 0. The first kappa shape index (κ1) is 15.9. The number of halogens is 1. The minimum absolute atomic E-state index is 0.187. The summed E-state index contributed by atoms with van der Waals surface area (Å²) in [7, 11) is -3.82. The van der Waals surface area contributed by atoms with Gasteiger partial charge >= 0.3 is 0 Å². The molecule has 0 amide bonds. The van der Waals surface area contributed by atoms with E-state index in [1.165, 1.54) is 15.0 Å². The molecule has 3 heterocycles. The van der Waals surface area contributed by atoms with Crippen molar-refractivity contribution in [1.82, 2.24) is 29.2 Å². The van der Waals surface area contributed by atoms with Crippen molar-refractivity contribution in [1.29, 1.82) is 0 Å². The third kappa shape index (κ3) is 2.72. The number of fused-ring (bicyclic) bond motifs is 1. The summed E-state index contributed by atoms with van der Waals surface area (Å²) < 4.78 is 29.9. The summed E-state index contributed by atoms with van der Waals surface area (Å²) in [6.45, 7) is 0.196. The molecule has 0 bridgehead atoms. The van der Waals surface area contributed by atoms with Crippen LogP contribution in [0.5, 0.6) is 0 Å². The van der Waals surface area contributed by atoms with E-state index in [2.05, 4.69) is 36.4 Å². The molecule has 0 spiro atoms. The molecule has 1 aromatic carbocycles. The molecular weight excluding hydrogens is 408 g/mol. The van der Waals surface area contributed by atoms with Gasteiger partial charge in [-0.2, -0.15) is 0 Å². The Morgan fingerprint density at radius 2 is 1.92 bits per heavy atom. The third-order valence-electron chi connectivity index (χ3n) is 3.68. The lowest BCUT2D eigenvalue weighted by atomic mass is 10.3. The number of tetrazole rings is 1. The molecule has 0 radical (unpaired) electrons. The molecule has 0 aliphatic carbocycles. The smallest absolute Gasteiger partial charge is 0.237 e. The number of aromatic nitrogens is 6. The quantitative estimate of drug-likeness (QED) is 0.503. The van der Waals surface area contributed by atoms with Gasteiger partial charge in [0.1, 0.15) is 6.33 Å². The molecule has 4 aromatic rings. The van der Waals surface area contributed by atoms with Crippen molar-refractivity contribution in [2.75, 3.05) is 0 Å². The molecular formula is C15H11BrN6O2S. The lowest BCUT2D eigenvalue weighted by molar-refractivity contribution is 0.580. The van der Waals surface area contributed by atoms with Crippen molar-refractivity contribution < 1.29 is 8.42 Å². The van der Waals surface area contributed by atoms with Gasteiger partial charge in [-0.15, -0.1) is 5.10 Å². The van der Waals surface area contributed by atoms with Gasteiger partial charge in [0, 0.05) is 16.1 Å². The van der Waals surface area contributed by atoms with Crippen molar-refractivity contribution in [2.24, 2.45) is 0 Å². The lowest BCUT2D eigenvalue weighted by Gasteiger charge is -2.11. The highest BCUT2D eigenvalue weighted by molar-refractivity contribution is 9.10. The van der Waals surface area contributed by atoms with Crippen molar-refractivity contribution in [3.63, 3.8) is 0 Å². The molecule has 4 rings (SSSR count). The van der Waals surface area contributed by atoms with Crippen LogP contribution in [0.25, 0.3) is 11.0 Å². The Balaban J connectivity index is 1.99. The summed E-state index contributed by atoms with van der Waals surface area (Å²) in [4.78, 5) is 4.46. The predicted octanol–water partition coefficient (Wildman–Crippen LogP) is 2.07. The Bertz CT molecular complexity index is 1140. The van der Waals surface area contributed by atoms with E-state index in [1.807, 2.05) is 0 Å². The van der Waals surface area contributed by atoms with Crippen LogP contribution in [0, 0.1) is 0 Å². The summed E-state index contributed by atoms with van der Waals surface area (Å²) in [6, 6.07) is 11.8. The number of rotatable bonds is 4. The van der Waals surface area contributed by atoms with Gasteiger partial charge in [0.25, 0.3) is 10.0 Å². The summed E-state index contributed by atoms with van der Waals surface area (Å²) >= 11 is 3.45. The van der Waals surface area contributed by atoms with Crippen LogP contribution in [0.4, 0.5) is 0 Å². The maximum atomic E-state index is 13.2. The van der Waals surface area contributed by atoms with Gasteiger partial charge in [0.2, 0.25) is 0 Å². The molecule has 0 atom stereocenters. The van der Waals surface area contributed by atoms with Crippen LogP contribution in [-0.4, -0.2) is 37.6 Å². The van der Waals surface area contributed by atoms with Crippen LogP contribution < -0.4 is 0 Å². The minimum Gasteiger partial charge on any atom is -0.237 e. The van der Waals surface area contributed by atoms with Gasteiger partial charge in [0.05, 0.1) is 17.1 Å². The summed E-state index contributed by atoms with van der Waals surface area (Å²) in [5.41, 5.74) is 0.854. The maximum Gasteiger partial charge on any atom is 0.269 e. The van der Waals surface area contributed by atoms with Crippen LogP contribution in [0.3, 0.4) is 0 Å². The largest absolute Gasteiger partial charge is 0.269 e. The molecule has 0 aliphatic heterocycles. The highest BCUT2D eigenvalue weighted by Gasteiger charge is 2.24. The van der Waals surface area contributed by atoms with Crippen molar-refractivity contribution in [2.45, 2.75) is 11.4 Å². The Morgan fingerprint density at radius 3 is 2.64 bits per heavy atom. The van der Waals surface area contributed by atoms with Gasteiger partial charge in [-0.05, 0) is 50.6 Å². The number of hydrogen-bond acceptors (Lipinski definition) is 6. The highest BCUT2D eigenvalue weighted by atomic mass is 79.9. The molecule has 0 saturated carbocycles. The maximum absolute atomic E-state index is 13.2. The molecule has 10 heteroatoms. The first-order valence-corrected chi connectivity index (χ1v) is 9.47. The Kier molecular flexibility index (Phi) is 3.85. The third-order valence-corrected chi connectivity index (χ3v) is 6.12. The van der Waals surface area contributed by atoms with Gasteiger partial charge in [0.15, 0.2) is 5.65 Å². The SMILES string of the molecule is O=S(=O)(c1ccccc1)n1c(Cn2cnnn2)cc2c(Br)ccnc21. The van der Waals surface area contributed by atoms with E-state index in [0.717, 1.165) is 4.47 Å². The lowest BCUT2D eigenvalue weighted by Crippen LogP contribution is -2.18. The summed E-state index contributed by atoms with van der Waals surface area (Å²) in [6.07, 6.45) is 2.99. The molecule has 0 N–H and O–H groups in total. The van der Waals surface area contributed by atoms with Crippen molar-refractivity contribution in [3.05, 3.63) is 65.2 Å². The van der Waals surface area contributed by atoms with E-state index in [4.69, 9.17) is 0 Å². The molecule has 0 saturated heterocycles. The van der Waals surface area contributed by atoms with Crippen LogP contribution in [0.15, 0.2) is 64.4 Å². The monoisotopic (exact) mass is 418 g/mol. The molecule has 0 fully saturated rings. The Labute approximate surface area is 151 Å². The molecule has 25 heavy (non-hydrogen) atoms. The number of nitrogens with zero attached hydrogens (tertiary/aromatic N) is 6. The first-order valence-electron chi connectivity index (χ1n) is 7.23. The Morgan fingerprint density at radius 1 is 1.12 bits per heavy atom. The average Bonchev–Trinajstić information content (AvgIpc) is 3.24. The van der Waals surface area contributed by atoms with Gasteiger partial charge < -0.3 is 0 Å². The van der Waals surface area contributed by atoms with Gasteiger partial charge in [-0.1, -0.05) is 18.2 Å². The second kappa shape index (κ2) is 6.05. The summed E-state index contributed by atoms with van der Waals surface area (Å²) in [5.74, 6) is 0. The van der Waals surface area contributed by atoms with Crippen LogP contribution in [-0.2, 0) is 16.6 Å². The minimum atomic E-state index is -3.82. The fourth-order valence-electron chi connectivity index (χ4n) is 2.59. The van der Waals surface area contributed by atoms with Crippen molar-refractivity contribution >= 4 is 37.0 Å². The zero-order valence-electron chi connectivity index (χ0n) is 12.7. The molecule has 0 aliphatic rings. The van der Waals surface area contributed by atoms with Crippen LogP contribution in [0.1, 0.15) is 5.69 Å². The van der Waals surface area contributed by atoms with Gasteiger partial charge in [-0.3, -0.25) is 0 Å². The molecule has 126 valence electrons. The Hall–Kier alpha value is -2.59. The van der Waals surface area contributed by atoms with Crippen LogP contribution >= 0.6 is 15.9 Å². The predicted molar refractivity (Wildman–Crippen MR) is 93.4 cm³/mol. The fraction of sp³-hybridized carbons (Fsp3) is 0.0667. The van der Waals surface area contributed by atoms with E-state index in [1.54, 1.807) is 48.7 Å². The zero-order chi connectivity index (χ0) is 17.4. The van der Waals surface area contributed by atoms with E-state index >= 15 is 0 Å². The van der Waals surface area contributed by atoms with E-state index in [-0.39, 0.29) is 11.4 Å². The van der Waals surface area contributed by atoms with Crippen molar-refractivity contribution in [3.8, 4) is 0 Å². The standard InChI is InChI=1S/C15H11BrN6O2S/c16-14-6-7-17-15-13(14)8-11(9-21-10-18-19-20-21)22(15)25(23,24)12-4-2-1-3-5-12/h1-8,10H,9H2. The van der Waals surface area contributed by atoms with Crippen LogP contribution in [0.2, 0.25) is 0 Å². The number of benzene rings is 1. The first-order chi connectivity index (χ1) is 12.1. The van der Waals surface area contributed by atoms with E-state index in [0.29, 0.717) is 16.7 Å². The van der Waals surface area contributed by atoms with E-state index < -0.39 is 10.0 Å². The second-order valence-corrected chi connectivity index (χ2v) is 7.90. The average molecular weight is 419 g/mol. The fourth-order valence-corrected chi connectivity index (χ4v) is 4.50. The van der Waals surface area contributed by atoms with Gasteiger partial charge in [-0.25, -0.2) is 22.1 Å². The zero-order valence-corrected chi connectivity index (χ0v) is 15.1. The summed E-state index contributed by atoms with van der Waals surface area (Å²) in [5, 5.41) is 11.7. The normalized spacial score (nSPS) is 11.9. The molecule has 3 aromatic heterocycles. The highest BCUT2D eigenvalue weighted by Crippen LogP contribution is 2.29. The molecule has 8 nitrogen and oxygen atoms in total. The second-order valence-electron chi connectivity index (χ2n) is 5.26. The molecule has 0 unspecified atom stereocenters.